The molecule has 0 aliphatic heterocycles. The van der Waals surface area contributed by atoms with Gasteiger partial charge in [-0.25, -0.2) is 9.97 Å². The molecule has 2 aromatic heterocycles. The van der Waals surface area contributed by atoms with Gasteiger partial charge in [-0.05, 0) is 68.6 Å². The lowest BCUT2D eigenvalue weighted by Gasteiger charge is -2.13. The van der Waals surface area contributed by atoms with E-state index in [0.29, 0.717) is 0 Å². The first-order chi connectivity index (χ1) is 23.3. The van der Waals surface area contributed by atoms with E-state index in [1.54, 1.807) is 0 Å². The lowest BCUT2D eigenvalue weighted by Crippen LogP contribution is -1.96. The fraction of sp³-hybridized carbons (Fsp3) is 0. The van der Waals surface area contributed by atoms with Crippen LogP contribution in [0.2, 0.25) is 0 Å². The zero-order chi connectivity index (χ0) is 30.9. The van der Waals surface area contributed by atoms with E-state index < -0.39 is 0 Å². The molecular formula is C44H26N2O. The van der Waals surface area contributed by atoms with Crippen LogP contribution < -0.4 is 0 Å². The normalized spacial score (nSPS) is 11.8. The molecule has 2 heterocycles. The Morgan fingerprint density at radius 3 is 1.70 bits per heavy atom. The van der Waals surface area contributed by atoms with Crippen molar-refractivity contribution in [2.75, 3.05) is 0 Å². The Morgan fingerprint density at radius 1 is 0.362 bits per heavy atom. The predicted molar refractivity (Wildman–Crippen MR) is 195 cm³/mol. The van der Waals surface area contributed by atoms with Crippen molar-refractivity contribution in [3.05, 3.63) is 158 Å². The van der Waals surface area contributed by atoms with E-state index >= 15 is 0 Å². The van der Waals surface area contributed by atoms with E-state index in [1.807, 2.05) is 30.3 Å². The van der Waals surface area contributed by atoms with Crippen LogP contribution in [0.15, 0.2) is 162 Å². The number of hydrogen-bond acceptors (Lipinski definition) is 3. The second kappa shape index (κ2) is 10.1. The molecule has 10 rings (SSSR count). The molecule has 0 atom stereocenters. The number of furan rings is 1. The summed E-state index contributed by atoms with van der Waals surface area (Å²) in [6.45, 7) is 0. The molecule has 0 amide bonds. The summed E-state index contributed by atoms with van der Waals surface area (Å²) in [5.74, 6) is 0. The number of nitrogens with zero attached hydrogens (tertiary/aromatic N) is 2. The first kappa shape index (κ1) is 26.0. The third kappa shape index (κ3) is 4.00. The van der Waals surface area contributed by atoms with Gasteiger partial charge in [0.1, 0.15) is 11.2 Å². The Balaban J connectivity index is 1.13. The van der Waals surface area contributed by atoms with Gasteiger partial charge >= 0.3 is 0 Å². The SMILES string of the molecule is c1ccc(-c2cccc(-c3nc4ccccc4nc3-c3ccc(-c4ccc5c6ccccc6c6cccc7oc4c5c76)cc3)c2)cc1. The zero-order valence-corrected chi connectivity index (χ0v) is 25.3. The summed E-state index contributed by atoms with van der Waals surface area (Å²) in [6.07, 6.45) is 0. The number of rotatable bonds is 4. The molecule has 0 spiro atoms. The van der Waals surface area contributed by atoms with E-state index in [4.69, 9.17) is 14.4 Å². The number of hydrogen-bond donors (Lipinski definition) is 0. The molecular weight excluding hydrogens is 572 g/mol. The van der Waals surface area contributed by atoms with Crippen molar-refractivity contribution in [2.24, 2.45) is 0 Å². The highest BCUT2D eigenvalue weighted by Crippen LogP contribution is 2.45. The van der Waals surface area contributed by atoms with Gasteiger partial charge in [-0.1, -0.05) is 127 Å². The van der Waals surface area contributed by atoms with Crippen LogP contribution in [-0.2, 0) is 0 Å². The van der Waals surface area contributed by atoms with E-state index in [1.165, 1.54) is 37.9 Å². The highest BCUT2D eigenvalue weighted by Gasteiger charge is 2.20. The first-order valence-electron chi connectivity index (χ1n) is 15.9. The highest BCUT2D eigenvalue weighted by atomic mass is 16.3. The summed E-state index contributed by atoms with van der Waals surface area (Å²) in [5.41, 5.74) is 11.9. The minimum atomic E-state index is 0.861. The molecule has 47 heavy (non-hydrogen) atoms. The molecule has 0 N–H and O–H groups in total. The molecule has 10 aromatic rings. The van der Waals surface area contributed by atoms with Gasteiger partial charge in [-0.3, -0.25) is 0 Å². The van der Waals surface area contributed by atoms with Crippen molar-refractivity contribution in [1.29, 1.82) is 0 Å². The summed E-state index contributed by atoms with van der Waals surface area (Å²) in [4.78, 5) is 10.3. The van der Waals surface area contributed by atoms with Crippen molar-refractivity contribution >= 4 is 54.5 Å². The molecule has 0 fully saturated rings. The van der Waals surface area contributed by atoms with Gasteiger partial charge in [0, 0.05) is 27.5 Å². The predicted octanol–water partition coefficient (Wildman–Crippen LogP) is 11.9. The fourth-order valence-corrected chi connectivity index (χ4v) is 7.24. The van der Waals surface area contributed by atoms with Crippen LogP contribution in [0.5, 0.6) is 0 Å². The standard InChI is InChI=1S/C44H26N2O/c1-2-10-27(11-3-1)30-12-8-13-31(26-30)43-42(45-37-17-6-7-18-38(37)46-43)29-22-20-28(21-23-29)32-24-25-36-34-15-5-4-14-33(34)35-16-9-19-39-40(35)41(36)44(32)47-39/h1-26H. The largest absolute Gasteiger partial charge is 0.455 e. The van der Waals surface area contributed by atoms with E-state index in [2.05, 4.69) is 127 Å². The van der Waals surface area contributed by atoms with Crippen molar-refractivity contribution < 1.29 is 4.42 Å². The minimum Gasteiger partial charge on any atom is -0.455 e. The van der Waals surface area contributed by atoms with Crippen LogP contribution in [0, 0.1) is 0 Å². The van der Waals surface area contributed by atoms with Crippen LogP contribution >= 0.6 is 0 Å². The number of benzene rings is 8. The van der Waals surface area contributed by atoms with Crippen LogP contribution in [0.4, 0.5) is 0 Å². The highest BCUT2D eigenvalue weighted by molar-refractivity contribution is 6.34. The maximum atomic E-state index is 6.64. The lowest BCUT2D eigenvalue weighted by atomic mass is 9.91. The van der Waals surface area contributed by atoms with Crippen molar-refractivity contribution in [3.63, 3.8) is 0 Å². The van der Waals surface area contributed by atoms with E-state index in [-0.39, 0.29) is 0 Å². The van der Waals surface area contributed by atoms with Gasteiger partial charge in [0.05, 0.1) is 22.4 Å². The Kier molecular flexibility index (Phi) is 5.57. The molecule has 0 saturated heterocycles. The van der Waals surface area contributed by atoms with Gasteiger partial charge in [-0.15, -0.1) is 0 Å². The number of para-hydroxylation sites is 2. The Bertz CT molecular complexity index is 2780. The van der Waals surface area contributed by atoms with Gasteiger partial charge in [-0.2, -0.15) is 0 Å². The van der Waals surface area contributed by atoms with Crippen LogP contribution in [0.25, 0.3) is 99.3 Å². The van der Waals surface area contributed by atoms with Crippen LogP contribution in [-0.4, -0.2) is 9.97 Å². The van der Waals surface area contributed by atoms with E-state index in [9.17, 15) is 0 Å². The smallest absolute Gasteiger partial charge is 0.143 e. The summed E-state index contributed by atoms with van der Waals surface area (Å²) in [6, 6.07) is 55.3. The average Bonchev–Trinajstić information content (AvgIpc) is 3.55. The van der Waals surface area contributed by atoms with E-state index in [0.717, 1.165) is 61.4 Å². The van der Waals surface area contributed by atoms with Crippen molar-refractivity contribution in [1.82, 2.24) is 9.97 Å². The molecule has 8 aromatic carbocycles. The molecule has 0 aliphatic rings. The quantitative estimate of drug-likeness (QED) is 0.189. The second-order valence-electron chi connectivity index (χ2n) is 12.1. The molecule has 0 aliphatic carbocycles. The number of aromatic nitrogens is 2. The average molecular weight is 599 g/mol. The molecule has 218 valence electrons. The number of fused-ring (bicyclic) bond motifs is 4. The topological polar surface area (TPSA) is 38.9 Å². The lowest BCUT2D eigenvalue weighted by molar-refractivity contribution is 0.670. The third-order valence-electron chi connectivity index (χ3n) is 9.44. The molecule has 3 nitrogen and oxygen atoms in total. The van der Waals surface area contributed by atoms with Crippen LogP contribution in [0.1, 0.15) is 0 Å². The van der Waals surface area contributed by atoms with Gasteiger partial charge < -0.3 is 4.42 Å². The first-order valence-corrected chi connectivity index (χ1v) is 15.9. The van der Waals surface area contributed by atoms with Crippen molar-refractivity contribution in [3.8, 4) is 44.8 Å². The summed E-state index contributed by atoms with van der Waals surface area (Å²) in [5, 5.41) is 7.35. The summed E-state index contributed by atoms with van der Waals surface area (Å²) >= 11 is 0. The molecule has 0 saturated carbocycles. The maximum Gasteiger partial charge on any atom is 0.143 e. The molecule has 0 unspecified atom stereocenters. The summed E-state index contributed by atoms with van der Waals surface area (Å²) in [7, 11) is 0. The third-order valence-corrected chi connectivity index (χ3v) is 9.44. The molecule has 3 heteroatoms. The fourth-order valence-electron chi connectivity index (χ4n) is 7.24. The Morgan fingerprint density at radius 2 is 0.936 bits per heavy atom. The van der Waals surface area contributed by atoms with Crippen molar-refractivity contribution in [2.45, 2.75) is 0 Å². The van der Waals surface area contributed by atoms with Gasteiger partial charge in [0.15, 0.2) is 0 Å². The minimum absolute atomic E-state index is 0.861. The Labute approximate surface area is 270 Å². The maximum absolute atomic E-state index is 6.64. The zero-order valence-electron chi connectivity index (χ0n) is 25.3. The summed E-state index contributed by atoms with van der Waals surface area (Å²) < 4.78 is 6.64. The molecule has 0 bridgehead atoms. The monoisotopic (exact) mass is 598 g/mol. The van der Waals surface area contributed by atoms with Crippen LogP contribution in [0.3, 0.4) is 0 Å². The Hall–Kier alpha value is -6.32. The molecule has 0 radical (unpaired) electrons. The van der Waals surface area contributed by atoms with Gasteiger partial charge in [0.2, 0.25) is 0 Å². The van der Waals surface area contributed by atoms with Gasteiger partial charge in [0.25, 0.3) is 0 Å². The second-order valence-corrected chi connectivity index (χ2v) is 12.1.